The summed E-state index contributed by atoms with van der Waals surface area (Å²) in [5.74, 6) is 0.682. The molecule has 0 radical (unpaired) electrons. The smallest absolute Gasteiger partial charge is 0.0326 e. The molecule has 1 aromatic rings. The van der Waals surface area contributed by atoms with Crippen molar-refractivity contribution in [1.82, 2.24) is 0 Å². The van der Waals surface area contributed by atoms with Crippen LogP contribution >= 0.6 is 15.9 Å². The zero-order valence-corrected chi connectivity index (χ0v) is 11.5. The van der Waals surface area contributed by atoms with Gasteiger partial charge in [-0.3, -0.25) is 0 Å². The molecule has 0 amide bonds. The average molecular weight is 282 g/mol. The van der Waals surface area contributed by atoms with Gasteiger partial charge in [-0.25, -0.2) is 0 Å². The Bertz CT molecular complexity index is 356. The fourth-order valence-corrected chi connectivity index (χ4v) is 3.10. The summed E-state index contributed by atoms with van der Waals surface area (Å²) in [6.45, 7) is 2.16. The highest BCUT2D eigenvalue weighted by Gasteiger charge is 2.22. The van der Waals surface area contributed by atoms with Gasteiger partial charge in [-0.05, 0) is 48.9 Å². The molecule has 0 heterocycles. The first-order valence-electron chi connectivity index (χ1n) is 6.20. The molecule has 1 atom stereocenters. The van der Waals surface area contributed by atoms with Gasteiger partial charge in [0.2, 0.25) is 0 Å². The van der Waals surface area contributed by atoms with E-state index in [1.54, 1.807) is 0 Å². The second-order valence-electron chi connectivity index (χ2n) is 4.92. The van der Waals surface area contributed by atoms with Crippen LogP contribution in [0.3, 0.4) is 0 Å². The average Bonchev–Trinajstić information content (AvgIpc) is 2.32. The second kappa shape index (κ2) is 5.33. The van der Waals surface area contributed by atoms with E-state index >= 15 is 0 Å². The Hall–Kier alpha value is -0.340. The molecule has 1 aromatic carbocycles. The molecule has 0 bridgehead atoms. The minimum atomic E-state index is 0.220. The SMILES string of the molecule is Cc1ccc(Br)cc1[C@@H](N)C1CCCCC1. The number of halogens is 1. The molecule has 1 fully saturated rings. The Balaban J connectivity index is 2.18. The van der Waals surface area contributed by atoms with Crippen molar-refractivity contribution >= 4 is 15.9 Å². The van der Waals surface area contributed by atoms with Gasteiger partial charge in [-0.2, -0.15) is 0 Å². The van der Waals surface area contributed by atoms with Gasteiger partial charge in [0.25, 0.3) is 0 Å². The molecule has 1 aliphatic rings. The van der Waals surface area contributed by atoms with E-state index in [0.29, 0.717) is 5.92 Å². The van der Waals surface area contributed by atoms with Crippen LogP contribution in [0.2, 0.25) is 0 Å². The number of hydrogen-bond acceptors (Lipinski definition) is 1. The minimum Gasteiger partial charge on any atom is -0.324 e. The molecule has 1 nitrogen and oxygen atoms in total. The molecule has 0 aromatic heterocycles. The molecule has 2 N–H and O–H groups in total. The zero-order chi connectivity index (χ0) is 11.5. The molecule has 2 heteroatoms. The summed E-state index contributed by atoms with van der Waals surface area (Å²) in [7, 11) is 0. The molecule has 1 aliphatic carbocycles. The Morgan fingerprint density at radius 2 is 1.94 bits per heavy atom. The van der Waals surface area contributed by atoms with Gasteiger partial charge >= 0.3 is 0 Å². The monoisotopic (exact) mass is 281 g/mol. The van der Waals surface area contributed by atoms with Crippen molar-refractivity contribution in [1.29, 1.82) is 0 Å². The molecular formula is C14H20BrN. The Labute approximate surface area is 107 Å². The number of hydrogen-bond donors (Lipinski definition) is 1. The van der Waals surface area contributed by atoms with Crippen LogP contribution in [-0.2, 0) is 0 Å². The largest absolute Gasteiger partial charge is 0.324 e. The van der Waals surface area contributed by atoms with E-state index < -0.39 is 0 Å². The molecule has 0 aliphatic heterocycles. The van der Waals surface area contributed by atoms with E-state index in [-0.39, 0.29) is 6.04 Å². The van der Waals surface area contributed by atoms with Crippen molar-refractivity contribution in [3.05, 3.63) is 33.8 Å². The number of aryl methyl sites for hydroxylation is 1. The van der Waals surface area contributed by atoms with E-state index in [0.717, 1.165) is 4.47 Å². The Morgan fingerprint density at radius 1 is 1.25 bits per heavy atom. The van der Waals surface area contributed by atoms with E-state index in [9.17, 15) is 0 Å². The highest BCUT2D eigenvalue weighted by molar-refractivity contribution is 9.10. The van der Waals surface area contributed by atoms with Gasteiger partial charge < -0.3 is 5.73 Å². The van der Waals surface area contributed by atoms with Crippen molar-refractivity contribution < 1.29 is 0 Å². The predicted octanol–water partition coefficient (Wildman–Crippen LogP) is 4.34. The van der Waals surface area contributed by atoms with E-state index in [1.807, 2.05) is 0 Å². The van der Waals surface area contributed by atoms with Gasteiger partial charge in [-0.1, -0.05) is 41.3 Å². The summed E-state index contributed by atoms with van der Waals surface area (Å²) in [6, 6.07) is 6.65. The summed E-state index contributed by atoms with van der Waals surface area (Å²) >= 11 is 3.53. The summed E-state index contributed by atoms with van der Waals surface area (Å²) < 4.78 is 1.14. The Morgan fingerprint density at radius 3 is 2.62 bits per heavy atom. The lowest BCUT2D eigenvalue weighted by Crippen LogP contribution is -2.24. The topological polar surface area (TPSA) is 26.0 Å². The third kappa shape index (κ3) is 2.67. The predicted molar refractivity (Wildman–Crippen MR) is 72.4 cm³/mol. The van der Waals surface area contributed by atoms with Crippen LogP contribution in [0.1, 0.15) is 49.3 Å². The molecular weight excluding hydrogens is 262 g/mol. The maximum Gasteiger partial charge on any atom is 0.0326 e. The van der Waals surface area contributed by atoms with Crippen LogP contribution < -0.4 is 5.73 Å². The standard InChI is InChI=1S/C14H20BrN/c1-10-7-8-12(15)9-13(10)14(16)11-5-3-2-4-6-11/h7-9,11,14H,2-6,16H2,1H3/t14-/m0/s1. The van der Waals surface area contributed by atoms with Crippen LogP contribution in [0.15, 0.2) is 22.7 Å². The summed E-state index contributed by atoms with van der Waals surface area (Å²) in [5, 5.41) is 0. The van der Waals surface area contributed by atoms with Crippen molar-refractivity contribution in [3.8, 4) is 0 Å². The summed E-state index contributed by atoms with van der Waals surface area (Å²) in [4.78, 5) is 0. The lowest BCUT2D eigenvalue weighted by Gasteiger charge is -2.28. The molecule has 1 saturated carbocycles. The highest BCUT2D eigenvalue weighted by atomic mass is 79.9. The van der Waals surface area contributed by atoms with E-state index in [1.165, 1.54) is 43.2 Å². The summed E-state index contributed by atoms with van der Waals surface area (Å²) in [5.41, 5.74) is 9.06. The molecule has 0 spiro atoms. The second-order valence-corrected chi connectivity index (χ2v) is 5.84. The van der Waals surface area contributed by atoms with Gasteiger partial charge in [0.1, 0.15) is 0 Å². The van der Waals surface area contributed by atoms with E-state index in [2.05, 4.69) is 41.1 Å². The van der Waals surface area contributed by atoms with Crippen LogP contribution in [0.5, 0.6) is 0 Å². The summed E-state index contributed by atoms with van der Waals surface area (Å²) in [6.07, 6.45) is 6.69. The van der Waals surface area contributed by atoms with Gasteiger partial charge in [-0.15, -0.1) is 0 Å². The van der Waals surface area contributed by atoms with Crippen LogP contribution in [-0.4, -0.2) is 0 Å². The first kappa shape index (κ1) is 12.1. The number of benzene rings is 1. The molecule has 16 heavy (non-hydrogen) atoms. The zero-order valence-electron chi connectivity index (χ0n) is 9.88. The quantitative estimate of drug-likeness (QED) is 0.858. The van der Waals surface area contributed by atoms with Gasteiger partial charge in [0.05, 0.1) is 0 Å². The van der Waals surface area contributed by atoms with Gasteiger partial charge in [0.15, 0.2) is 0 Å². The van der Waals surface area contributed by atoms with E-state index in [4.69, 9.17) is 5.73 Å². The number of nitrogens with two attached hydrogens (primary N) is 1. The first-order chi connectivity index (χ1) is 7.68. The van der Waals surface area contributed by atoms with Gasteiger partial charge in [0, 0.05) is 10.5 Å². The first-order valence-corrected chi connectivity index (χ1v) is 6.99. The van der Waals surface area contributed by atoms with Crippen LogP contribution in [0.25, 0.3) is 0 Å². The molecule has 0 saturated heterocycles. The maximum atomic E-state index is 6.42. The number of rotatable bonds is 2. The third-order valence-electron chi connectivity index (χ3n) is 3.76. The fraction of sp³-hybridized carbons (Fsp3) is 0.571. The molecule has 2 rings (SSSR count). The lowest BCUT2D eigenvalue weighted by molar-refractivity contribution is 0.307. The fourth-order valence-electron chi connectivity index (χ4n) is 2.72. The Kier molecular flexibility index (Phi) is 4.04. The maximum absolute atomic E-state index is 6.42. The van der Waals surface area contributed by atoms with Crippen molar-refractivity contribution in [3.63, 3.8) is 0 Å². The lowest BCUT2D eigenvalue weighted by atomic mass is 9.80. The van der Waals surface area contributed by atoms with Crippen LogP contribution in [0, 0.1) is 12.8 Å². The van der Waals surface area contributed by atoms with Crippen molar-refractivity contribution in [2.45, 2.75) is 45.1 Å². The molecule has 0 unspecified atom stereocenters. The van der Waals surface area contributed by atoms with Crippen molar-refractivity contribution in [2.24, 2.45) is 11.7 Å². The normalized spacial score (nSPS) is 19.7. The third-order valence-corrected chi connectivity index (χ3v) is 4.25. The minimum absolute atomic E-state index is 0.220. The highest BCUT2D eigenvalue weighted by Crippen LogP contribution is 2.34. The van der Waals surface area contributed by atoms with Crippen LogP contribution in [0.4, 0.5) is 0 Å². The molecule has 88 valence electrons. The van der Waals surface area contributed by atoms with Crippen molar-refractivity contribution in [2.75, 3.05) is 0 Å².